The summed E-state index contributed by atoms with van der Waals surface area (Å²) in [4.78, 5) is 16.4. The van der Waals surface area contributed by atoms with E-state index in [-0.39, 0.29) is 12.5 Å². The molecule has 4 rings (SSSR count). The molecule has 1 atom stereocenters. The molecule has 1 fully saturated rings. The van der Waals surface area contributed by atoms with E-state index in [1.165, 1.54) is 5.56 Å². The van der Waals surface area contributed by atoms with Crippen LogP contribution in [0.3, 0.4) is 0 Å². The third-order valence-corrected chi connectivity index (χ3v) is 5.16. The first-order valence-corrected chi connectivity index (χ1v) is 9.48. The Morgan fingerprint density at radius 3 is 2.46 bits per heavy atom. The second kappa shape index (κ2) is 7.96. The first-order valence-electron chi connectivity index (χ1n) is 9.48. The van der Waals surface area contributed by atoms with Gasteiger partial charge in [0.25, 0.3) is 5.91 Å². The fraction of sp³-hybridized carbons (Fsp3) is 0.273. The van der Waals surface area contributed by atoms with Gasteiger partial charge in [0.1, 0.15) is 0 Å². The second-order valence-corrected chi connectivity index (χ2v) is 7.34. The molecule has 0 radical (unpaired) electrons. The highest BCUT2D eigenvalue weighted by Crippen LogP contribution is 2.21. The van der Waals surface area contributed by atoms with E-state index in [0.717, 1.165) is 24.2 Å². The summed E-state index contributed by atoms with van der Waals surface area (Å²) in [5, 5.41) is 16.2. The summed E-state index contributed by atoms with van der Waals surface area (Å²) in [6.07, 6.45) is 6.18. The van der Waals surface area contributed by atoms with Gasteiger partial charge in [-0.05, 0) is 41.8 Å². The fourth-order valence-corrected chi connectivity index (χ4v) is 3.44. The molecule has 28 heavy (non-hydrogen) atoms. The Balaban J connectivity index is 1.37. The summed E-state index contributed by atoms with van der Waals surface area (Å²) in [5.41, 5.74) is 3.12. The van der Waals surface area contributed by atoms with Gasteiger partial charge in [-0.25, -0.2) is 4.98 Å². The Kier molecular flexibility index (Phi) is 5.23. The van der Waals surface area contributed by atoms with Crippen molar-refractivity contribution in [3.05, 3.63) is 78.4 Å². The molecule has 0 bridgehead atoms. The molecule has 1 aromatic heterocycles. The number of β-amino-alcohol motifs (C(OH)–C–C–N with tert-alkyl or cyclic N) is 1. The van der Waals surface area contributed by atoms with E-state index in [0.29, 0.717) is 18.5 Å². The number of aromatic nitrogens is 2. The third-order valence-electron chi connectivity index (χ3n) is 5.16. The number of carbonyl (C=O) groups is 1. The van der Waals surface area contributed by atoms with Gasteiger partial charge in [0.2, 0.25) is 0 Å². The van der Waals surface area contributed by atoms with E-state index in [2.05, 4.69) is 39.9 Å². The zero-order valence-electron chi connectivity index (χ0n) is 15.6. The van der Waals surface area contributed by atoms with Crippen LogP contribution in [0.15, 0.2) is 67.3 Å². The van der Waals surface area contributed by atoms with Crippen LogP contribution >= 0.6 is 0 Å². The Morgan fingerprint density at radius 2 is 1.86 bits per heavy atom. The van der Waals surface area contributed by atoms with Crippen molar-refractivity contribution in [2.75, 3.05) is 19.6 Å². The third kappa shape index (κ3) is 4.30. The van der Waals surface area contributed by atoms with Crippen LogP contribution in [0, 0.1) is 0 Å². The van der Waals surface area contributed by atoms with Gasteiger partial charge in [0, 0.05) is 37.6 Å². The van der Waals surface area contributed by atoms with Gasteiger partial charge >= 0.3 is 0 Å². The monoisotopic (exact) mass is 376 g/mol. The predicted molar refractivity (Wildman–Crippen MR) is 108 cm³/mol. The topological polar surface area (TPSA) is 79.2 Å². The average Bonchev–Trinajstić information content (AvgIpc) is 3.39. The van der Waals surface area contributed by atoms with E-state index in [1.807, 2.05) is 35.0 Å². The van der Waals surface area contributed by atoms with Crippen LogP contribution in [-0.4, -0.2) is 45.8 Å². The zero-order chi connectivity index (χ0) is 19.4. The van der Waals surface area contributed by atoms with Crippen molar-refractivity contribution in [3.8, 4) is 11.1 Å². The molecule has 1 aliphatic rings. The minimum absolute atomic E-state index is 0.164. The smallest absolute Gasteiger partial charge is 0.251 e. The largest absolute Gasteiger partial charge is 0.387 e. The molecule has 3 aromatic rings. The molecular formula is C22H24N4O2. The standard InChI is InChI=1S/C22H24N4O2/c27-21(25-15-22(28)9-10-23-14-22)20-7-5-19(6-8-20)18-3-1-17(2-4-18)13-26-12-11-24-16-26/h1-8,11-12,16,23,28H,9-10,13-15H2,(H,25,27)/t22-/m0/s1. The SMILES string of the molecule is O=C(NC[C@]1(O)CCNC1)c1ccc(-c2ccc(Cn3ccnc3)cc2)cc1. The second-order valence-electron chi connectivity index (χ2n) is 7.34. The molecule has 3 N–H and O–H groups in total. The van der Waals surface area contributed by atoms with Gasteiger partial charge in [0.15, 0.2) is 0 Å². The molecule has 1 aliphatic heterocycles. The first-order chi connectivity index (χ1) is 13.6. The molecule has 2 aromatic carbocycles. The molecule has 6 heteroatoms. The van der Waals surface area contributed by atoms with Crippen LogP contribution in [0.4, 0.5) is 0 Å². The van der Waals surface area contributed by atoms with E-state index < -0.39 is 5.60 Å². The maximum absolute atomic E-state index is 12.3. The minimum atomic E-state index is -0.839. The number of nitrogens with zero attached hydrogens (tertiary/aromatic N) is 2. The van der Waals surface area contributed by atoms with Crippen molar-refractivity contribution < 1.29 is 9.90 Å². The van der Waals surface area contributed by atoms with Gasteiger partial charge in [0.05, 0.1) is 11.9 Å². The molecule has 0 saturated carbocycles. The molecule has 0 aliphatic carbocycles. The minimum Gasteiger partial charge on any atom is -0.387 e. The van der Waals surface area contributed by atoms with Gasteiger partial charge in [-0.2, -0.15) is 0 Å². The van der Waals surface area contributed by atoms with Gasteiger partial charge < -0.3 is 20.3 Å². The number of imidazole rings is 1. The van der Waals surface area contributed by atoms with E-state index in [1.54, 1.807) is 12.5 Å². The quantitative estimate of drug-likeness (QED) is 0.615. The summed E-state index contributed by atoms with van der Waals surface area (Å²) in [5.74, 6) is -0.164. The van der Waals surface area contributed by atoms with E-state index in [9.17, 15) is 9.90 Å². The Morgan fingerprint density at radius 1 is 1.14 bits per heavy atom. The summed E-state index contributed by atoms with van der Waals surface area (Å²) < 4.78 is 2.03. The average molecular weight is 376 g/mol. The maximum atomic E-state index is 12.3. The van der Waals surface area contributed by atoms with E-state index >= 15 is 0 Å². The number of carbonyl (C=O) groups excluding carboxylic acids is 1. The molecular weight excluding hydrogens is 352 g/mol. The molecule has 1 saturated heterocycles. The predicted octanol–water partition coefficient (Wildman–Crippen LogP) is 2.05. The van der Waals surface area contributed by atoms with Crippen LogP contribution in [0.25, 0.3) is 11.1 Å². The summed E-state index contributed by atoms with van der Waals surface area (Å²) >= 11 is 0. The Labute approximate surface area is 164 Å². The molecule has 0 spiro atoms. The van der Waals surface area contributed by atoms with E-state index in [4.69, 9.17) is 0 Å². The number of amides is 1. The van der Waals surface area contributed by atoms with Crippen LogP contribution in [0.5, 0.6) is 0 Å². The molecule has 6 nitrogen and oxygen atoms in total. The number of hydrogen-bond acceptors (Lipinski definition) is 4. The van der Waals surface area contributed by atoms with Crippen molar-refractivity contribution in [2.45, 2.75) is 18.6 Å². The van der Waals surface area contributed by atoms with Crippen LogP contribution in [0.1, 0.15) is 22.3 Å². The van der Waals surface area contributed by atoms with Crippen LogP contribution < -0.4 is 10.6 Å². The lowest BCUT2D eigenvalue weighted by atomic mass is 10.0. The van der Waals surface area contributed by atoms with Crippen molar-refractivity contribution in [2.24, 2.45) is 0 Å². The lowest BCUT2D eigenvalue weighted by Gasteiger charge is -2.21. The molecule has 1 amide bonds. The highest BCUT2D eigenvalue weighted by molar-refractivity contribution is 5.94. The number of hydrogen-bond donors (Lipinski definition) is 3. The molecule has 0 unspecified atom stereocenters. The maximum Gasteiger partial charge on any atom is 0.251 e. The van der Waals surface area contributed by atoms with Crippen LogP contribution in [-0.2, 0) is 6.54 Å². The van der Waals surface area contributed by atoms with Crippen molar-refractivity contribution in [1.29, 1.82) is 0 Å². The highest BCUT2D eigenvalue weighted by Gasteiger charge is 2.31. The fourth-order valence-electron chi connectivity index (χ4n) is 3.44. The molecule has 144 valence electrons. The molecule has 2 heterocycles. The summed E-state index contributed by atoms with van der Waals surface area (Å²) in [6.45, 7) is 2.35. The summed E-state index contributed by atoms with van der Waals surface area (Å²) in [6, 6.07) is 15.9. The zero-order valence-corrected chi connectivity index (χ0v) is 15.6. The lowest BCUT2D eigenvalue weighted by molar-refractivity contribution is 0.0562. The van der Waals surface area contributed by atoms with Crippen molar-refractivity contribution >= 4 is 5.91 Å². The lowest BCUT2D eigenvalue weighted by Crippen LogP contribution is -2.44. The van der Waals surface area contributed by atoms with Gasteiger partial charge in [-0.1, -0.05) is 36.4 Å². The Bertz CT molecular complexity index is 912. The highest BCUT2D eigenvalue weighted by atomic mass is 16.3. The summed E-state index contributed by atoms with van der Waals surface area (Å²) in [7, 11) is 0. The number of aliphatic hydroxyl groups is 1. The normalized spacial score (nSPS) is 18.9. The van der Waals surface area contributed by atoms with Gasteiger partial charge in [-0.3, -0.25) is 4.79 Å². The number of rotatable bonds is 6. The van der Waals surface area contributed by atoms with Crippen molar-refractivity contribution in [3.63, 3.8) is 0 Å². The van der Waals surface area contributed by atoms with Gasteiger partial charge in [-0.15, -0.1) is 0 Å². The Hall–Kier alpha value is -2.96. The van der Waals surface area contributed by atoms with Crippen molar-refractivity contribution in [1.82, 2.24) is 20.2 Å². The van der Waals surface area contributed by atoms with Crippen LogP contribution in [0.2, 0.25) is 0 Å². The number of nitrogens with one attached hydrogen (secondary N) is 2. The number of benzene rings is 2. The first kappa shape index (κ1) is 18.4.